The summed E-state index contributed by atoms with van der Waals surface area (Å²) in [5, 5.41) is 17.8. The summed E-state index contributed by atoms with van der Waals surface area (Å²) in [6.07, 6.45) is -0.253. The van der Waals surface area contributed by atoms with Crippen LogP contribution in [-0.4, -0.2) is 41.0 Å². The van der Waals surface area contributed by atoms with Crippen molar-refractivity contribution >= 4 is 0 Å². The predicted octanol–water partition coefficient (Wildman–Crippen LogP) is -0.999. The predicted molar refractivity (Wildman–Crippen MR) is 29.3 cm³/mol. The SMILES string of the molecule is CN1C[C@H](O)CC1O. The van der Waals surface area contributed by atoms with Crippen molar-refractivity contribution in [3.63, 3.8) is 0 Å². The third kappa shape index (κ3) is 0.992. The number of rotatable bonds is 0. The van der Waals surface area contributed by atoms with Gasteiger partial charge < -0.3 is 10.2 Å². The van der Waals surface area contributed by atoms with Gasteiger partial charge in [0.05, 0.1) is 6.10 Å². The van der Waals surface area contributed by atoms with Gasteiger partial charge in [-0.2, -0.15) is 0 Å². The van der Waals surface area contributed by atoms with Crippen LogP contribution in [0, 0.1) is 0 Å². The van der Waals surface area contributed by atoms with Crippen LogP contribution in [0.5, 0.6) is 0 Å². The van der Waals surface area contributed by atoms with Crippen LogP contribution in [0.2, 0.25) is 0 Å². The Labute approximate surface area is 48.5 Å². The van der Waals surface area contributed by atoms with Gasteiger partial charge in [0.1, 0.15) is 6.23 Å². The molecule has 3 heteroatoms. The maximum atomic E-state index is 8.93. The van der Waals surface area contributed by atoms with E-state index in [1.807, 2.05) is 0 Å². The van der Waals surface area contributed by atoms with Crippen LogP contribution in [-0.2, 0) is 0 Å². The van der Waals surface area contributed by atoms with E-state index in [4.69, 9.17) is 10.2 Å². The summed E-state index contributed by atoms with van der Waals surface area (Å²) in [6, 6.07) is 0. The number of β-amino-alcohol motifs (C(OH)–C–C–N with tert-alkyl or cyclic N) is 1. The van der Waals surface area contributed by atoms with Gasteiger partial charge in [-0.1, -0.05) is 0 Å². The van der Waals surface area contributed by atoms with E-state index in [1.165, 1.54) is 0 Å². The van der Waals surface area contributed by atoms with E-state index in [0.29, 0.717) is 13.0 Å². The Morgan fingerprint density at radius 3 is 2.25 bits per heavy atom. The molecule has 3 nitrogen and oxygen atoms in total. The van der Waals surface area contributed by atoms with Gasteiger partial charge in [-0.3, -0.25) is 4.90 Å². The number of hydrogen-bond donors (Lipinski definition) is 2. The summed E-state index contributed by atoms with van der Waals surface area (Å²) in [7, 11) is 1.79. The van der Waals surface area contributed by atoms with E-state index < -0.39 is 6.23 Å². The number of aliphatic hydroxyl groups is 2. The fourth-order valence-electron chi connectivity index (χ4n) is 0.952. The lowest BCUT2D eigenvalue weighted by atomic mass is 10.3. The second kappa shape index (κ2) is 2.01. The summed E-state index contributed by atoms with van der Waals surface area (Å²) in [5.41, 5.74) is 0. The lowest BCUT2D eigenvalue weighted by molar-refractivity contribution is 0.0564. The quantitative estimate of drug-likeness (QED) is 0.428. The molecule has 1 aliphatic rings. The Morgan fingerprint density at radius 2 is 2.12 bits per heavy atom. The minimum atomic E-state index is -0.426. The highest BCUT2D eigenvalue weighted by Crippen LogP contribution is 2.11. The summed E-state index contributed by atoms with van der Waals surface area (Å²) >= 11 is 0. The fourth-order valence-corrected chi connectivity index (χ4v) is 0.952. The Bertz CT molecular complexity index is 76.5. The average Bonchev–Trinajstić information content (AvgIpc) is 1.85. The van der Waals surface area contributed by atoms with E-state index in [1.54, 1.807) is 11.9 Å². The first-order valence-electron chi connectivity index (χ1n) is 2.76. The van der Waals surface area contributed by atoms with Gasteiger partial charge in [0.15, 0.2) is 0 Å². The lowest BCUT2D eigenvalue weighted by Gasteiger charge is -2.10. The molecule has 0 bridgehead atoms. The number of likely N-dealkylation sites (tertiary alicyclic amines) is 1. The molecule has 2 N–H and O–H groups in total. The fraction of sp³-hybridized carbons (Fsp3) is 1.00. The molecule has 2 atom stereocenters. The van der Waals surface area contributed by atoms with Crippen molar-refractivity contribution < 1.29 is 10.2 Å². The zero-order valence-electron chi connectivity index (χ0n) is 4.91. The molecule has 1 rings (SSSR count). The van der Waals surface area contributed by atoms with E-state index >= 15 is 0 Å². The van der Waals surface area contributed by atoms with Crippen molar-refractivity contribution in [2.24, 2.45) is 0 Å². The Balaban J connectivity index is 2.39. The van der Waals surface area contributed by atoms with Gasteiger partial charge in [-0.05, 0) is 7.05 Å². The molecular weight excluding hydrogens is 106 g/mol. The molecule has 0 aliphatic carbocycles. The van der Waals surface area contributed by atoms with E-state index in [-0.39, 0.29) is 6.10 Å². The van der Waals surface area contributed by atoms with Crippen molar-refractivity contribution in [3.8, 4) is 0 Å². The van der Waals surface area contributed by atoms with Gasteiger partial charge in [0.2, 0.25) is 0 Å². The van der Waals surface area contributed by atoms with Gasteiger partial charge >= 0.3 is 0 Å². The molecular formula is C5H11NO2. The first-order chi connectivity index (χ1) is 3.70. The van der Waals surface area contributed by atoms with Crippen molar-refractivity contribution in [1.82, 2.24) is 4.90 Å². The van der Waals surface area contributed by atoms with Crippen molar-refractivity contribution in [3.05, 3.63) is 0 Å². The number of likely N-dealkylation sites (N-methyl/N-ethyl adjacent to an activating group) is 1. The van der Waals surface area contributed by atoms with E-state index in [2.05, 4.69) is 0 Å². The van der Waals surface area contributed by atoms with Crippen LogP contribution in [0.4, 0.5) is 0 Å². The van der Waals surface area contributed by atoms with Crippen LogP contribution in [0.1, 0.15) is 6.42 Å². The molecule has 8 heavy (non-hydrogen) atoms. The second-order valence-corrected chi connectivity index (χ2v) is 2.31. The molecule has 0 spiro atoms. The normalized spacial score (nSPS) is 40.9. The highest BCUT2D eigenvalue weighted by Gasteiger charge is 2.25. The number of hydrogen-bond acceptors (Lipinski definition) is 3. The molecule has 1 saturated heterocycles. The monoisotopic (exact) mass is 117 g/mol. The summed E-state index contributed by atoms with van der Waals surface area (Å²) in [5.74, 6) is 0. The molecule has 1 aliphatic heterocycles. The zero-order valence-corrected chi connectivity index (χ0v) is 4.91. The lowest BCUT2D eigenvalue weighted by Crippen LogP contribution is -2.24. The Hall–Kier alpha value is -0.120. The highest BCUT2D eigenvalue weighted by molar-refractivity contribution is 4.74. The van der Waals surface area contributed by atoms with Gasteiger partial charge in [-0.25, -0.2) is 0 Å². The Morgan fingerprint density at radius 1 is 1.50 bits per heavy atom. The number of nitrogens with zero attached hydrogens (tertiary/aromatic N) is 1. The average molecular weight is 117 g/mol. The van der Waals surface area contributed by atoms with Gasteiger partial charge in [0.25, 0.3) is 0 Å². The summed E-state index contributed by atoms with van der Waals surface area (Å²) in [4.78, 5) is 1.73. The molecule has 0 aromatic carbocycles. The molecule has 0 aromatic rings. The minimum absolute atomic E-state index is 0.324. The zero-order chi connectivity index (χ0) is 6.15. The molecule has 48 valence electrons. The molecule has 1 unspecified atom stereocenters. The minimum Gasteiger partial charge on any atom is -0.392 e. The van der Waals surface area contributed by atoms with Crippen molar-refractivity contribution in [1.29, 1.82) is 0 Å². The third-order valence-corrected chi connectivity index (χ3v) is 1.49. The topological polar surface area (TPSA) is 43.7 Å². The first kappa shape index (κ1) is 6.01. The molecule has 0 aromatic heterocycles. The van der Waals surface area contributed by atoms with Crippen LogP contribution in [0.15, 0.2) is 0 Å². The smallest absolute Gasteiger partial charge is 0.109 e. The van der Waals surface area contributed by atoms with Crippen molar-refractivity contribution in [2.45, 2.75) is 18.8 Å². The van der Waals surface area contributed by atoms with Gasteiger partial charge in [-0.15, -0.1) is 0 Å². The number of aliphatic hydroxyl groups excluding tert-OH is 2. The van der Waals surface area contributed by atoms with Crippen LogP contribution in [0.25, 0.3) is 0 Å². The summed E-state index contributed by atoms with van der Waals surface area (Å²) < 4.78 is 0. The van der Waals surface area contributed by atoms with Crippen molar-refractivity contribution in [2.75, 3.05) is 13.6 Å². The standard InChI is InChI=1S/C5H11NO2/c1-6-3-4(7)2-5(6)8/h4-5,7-8H,2-3H2,1H3/t4-,5?/m1/s1. The maximum Gasteiger partial charge on any atom is 0.109 e. The van der Waals surface area contributed by atoms with Crippen LogP contribution < -0.4 is 0 Å². The second-order valence-electron chi connectivity index (χ2n) is 2.31. The van der Waals surface area contributed by atoms with E-state index in [0.717, 1.165) is 0 Å². The molecule has 0 radical (unpaired) electrons. The molecule has 0 saturated carbocycles. The largest absolute Gasteiger partial charge is 0.392 e. The Kier molecular flexibility index (Phi) is 1.51. The molecule has 1 fully saturated rings. The molecule has 0 amide bonds. The first-order valence-corrected chi connectivity index (χ1v) is 2.76. The highest BCUT2D eigenvalue weighted by atomic mass is 16.3. The summed E-state index contributed by atoms with van der Waals surface area (Å²) in [6.45, 7) is 0.598. The van der Waals surface area contributed by atoms with Gasteiger partial charge in [0, 0.05) is 13.0 Å². The third-order valence-electron chi connectivity index (χ3n) is 1.49. The van der Waals surface area contributed by atoms with Crippen LogP contribution in [0.3, 0.4) is 0 Å². The van der Waals surface area contributed by atoms with E-state index in [9.17, 15) is 0 Å². The molecule has 1 heterocycles. The van der Waals surface area contributed by atoms with Crippen LogP contribution >= 0.6 is 0 Å². The maximum absolute atomic E-state index is 8.93.